The van der Waals surface area contributed by atoms with Crippen molar-refractivity contribution in [1.29, 1.82) is 0 Å². The van der Waals surface area contributed by atoms with Gasteiger partial charge in [-0.1, -0.05) is 30.8 Å². The molecule has 0 spiro atoms. The number of benzene rings is 2. The highest BCUT2D eigenvalue weighted by atomic mass is 19.4. The molecule has 2 nitrogen and oxygen atoms in total. The van der Waals surface area contributed by atoms with Crippen LogP contribution < -0.4 is 10.6 Å². The molecule has 0 aliphatic rings. The highest BCUT2D eigenvalue weighted by Gasteiger charge is 2.33. The first-order valence-corrected chi connectivity index (χ1v) is 6.74. The third-order valence-corrected chi connectivity index (χ3v) is 3.36. The number of alkyl halides is 3. The first-order chi connectivity index (χ1) is 10.3. The molecule has 5 heteroatoms. The maximum atomic E-state index is 13.0. The molecular weight excluding hydrogens is 289 g/mol. The van der Waals surface area contributed by atoms with E-state index in [0.717, 1.165) is 17.3 Å². The minimum absolute atomic E-state index is 0.0431. The third-order valence-electron chi connectivity index (χ3n) is 3.36. The minimum atomic E-state index is -4.41. The zero-order chi connectivity index (χ0) is 16.3. The molecule has 0 atom stereocenters. The lowest BCUT2D eigenvalue weighted by Gasteiger charge is -2.17. The van der Waals surface area contributed by atoms with Gasteiger partial charge in [-0.3, -0.25) is 0 Å². The second-order valence-corrected chi connectivity index (χ2v) is 4.93. The topological polar surface area (TPSA) is 24.1 Å². The minimum Gasteiger partial charge on any atom is -0.388 e. The van der Waals surface area contributed by atoms with E-state index in [2.05, 4.69) is 17.2 Å². The molecule has 0 heterocycles. The van der Waals surface area contributed by atoms with E-state index in [4.69, 9.17) is 0 Å². The molecule has 2 N–H and O–H groups in total. The molecular formula is C17H17F3N2. The number of rotatable bonds is 4. The van der Waals surface area contributed by atoms with Crippen LogP contribution in [0.1, 0.15) is 16.7 Å². The van der Waals surface area contributed by atoms with Crippen LogP contribution in [0.2, 0.25) is 0 Å². The molecule has 0 aliphatic heterocycles. The van der Waals surface area contributed by atoms with Crippen LogP contribution in [-0.4, -0.2) is 7.05 Å². The van der Waals surface area contributed by atoms with Gasteiger partial charge in [0.05, 0.1) is 5.56 Å². The van der Waals surface area contributed by atoms with Crippen LogP contribution in [0.5, 0.6) is 0 Å². The summed E-state index contributed by atoms with van der Waals surface area (Å²) in [5.41, 5.74) is 2.18. The maximum Gasteiger partial charge on any atom is 0.417 e. The molecule has 22 heavy (non-hydrogen) atoms. The van der Waals surface area contributed by atoms with Crippen molar-refractivity contribution in [3.8, 4) is 0 Å². The zero-order valence-electron chi connectivity index (χ0n) is 12.4. The Bertz CT molecular complexity index is 691. The molecule has 0 fully saturated rings. The SMILES string of the molecule is C=C(Nc1ccc(C)c(NC)c1)c1ccccc1C(F)(F)F. The molecule has 0 amide bonds. The van der Waals surface area contributed by atoms with Gasteiger partial charge in [0.15, 0.2) is 0 Å². The summed E-state index contributed by atoms with van der Waals surface area (Å²) in [5.74, 6) is 0. The maximum absolute atomic E-state index is 13.0. The Balaban J connectivity index is 2.31. The molecule has 0 saturated carbocycles. The molecule has 2 aromatic carbocycles. The number of aryl methyl sites for hydroxylation is 1. The number of nitrogens with one attached hydrogen (secondary N) is 2. The molecule has 0 aliphatic carbocycles. The Hall–Kier alpha value is -2.43. The lowest BCUT2D eigenvalue weighted by Crippen LogP contribution is -2.10. The lowest BCUT2D eigenvalue weighted by molar-refractivity contribution is -0.137. The van der Waals surface area contributed by atoms with Crippen LogP contribution >= 0.6 is 0 Å². The fraction of sp³-hybridized carbons (Fsp3) is 0.176. The Kier molecular flexibility index (Phi) is 4.45. The normalized spacial score (nSPS) is 11.1. The van der Waals surface area contributed by atoms with Gasteiger partial charge in [0.1, 0.15) is 0 Å². The molecule has 116 valence electrons. The van der Waals surface area contributed by atoms with Gasteiger partial charge in [0.25, 0.3) is 0 Å². The molecule has 2 aromatic rings. The summed E-state index contributed by atoms with van der Waals surface area (Å²) >= 11 is 0. The zero-order valence-corrected chi connectivity index (χ0v) is 12.4. The largest absolute Gasteiger partial charge is 0.417 e. The van der Waals surface area contributed by atoms with Crippen molar-refractivity contribution >= 4 is 17.1 Å². The molecule has 2 rings (SSSR count). The van der Waals surface area contributed by atoms with E-state index < -0.39 is 11.7 Å². The van der Waals surface area contributed by atoms with E-state index >= 15 is 0 Å². The first-order valence-electron chi connectivity index (χ1n) is 6.74. The van der Waals surface area contributed by atoms with Gasteiger partial charge in [-0.25, -0.2) is 0 Å². The number of halogens is 3. The average molecular weight is 306 g/mol. The number of anilines is 2. The van der Waals surface area contributed by atoms with Crippen LogP contribution in [0.25, 0.3) is 5.70 Å². The van der Waals surface area contributed by atoms with Crippen LogP contribution in [0.3, 0.4) is 0 Å². The van der Waals surface area contributed by atoms with Gasteiger partial charge in [0.2, 0.25) is 0 Å². The molecule has 0 unspecified atom stereocenters. The fourth-order valence-corrected chi connectivity index (χ4v) is 2.20. The molecule has 0 saturated heterocycles. The second kappa shape index (κ2) is 6.13. The van der Waals surface area contributed by atoms with Gasteiger partial charge in [0, 0.05) is 29.7 Å². The monoisotopic (exact) mass is 306 g/mol. The van der Waals surface area contributed by atoms with E-state index in [0.29, 0.717) is 5.69 Å². The molecule has 0 radical (unpaired) electrons. The van der Waals surface area contributed by atoms with Gasteiger partial charge < -0.3 is 10.6 Å². The number of hydrogen-bond donors (Lipinski definition) is 2. The fourth-order valence-electron chi connectivity index (χ4n) is 2.20. The predicted octanol–water partition coefficient (Wildman–Crippen LogP) is 5.14. The van der Waals surface area contributed by atoms with Crippen molar-refractivity contribution < 1.29 is 13.2 Å². The Labute approximate surface area is 127 Å². The third kappa shape index (κ3) is 3.42. The van der Waals surface area contributed by atoms with Crippen molar-refractivity contribution in [2.45, 2.75) is 13.1 Å². The van der Waals surface area contributed by atoms with E-state index in [1.165, 1.54) is 12.1 Å². The Morgan fingerprint density at radius 1 is 1.09 bits per heavy atom. The smallest absolute Gasteiger partial charge is 0.388 e. The quantitative estimate of drug-likeness (QED) is 0.817. The van der Waals surface area contributed by atoms with Gasteiger partial charge in [-0.15, -0.1) is 0 Å². The van der Waals surface area contributed by atoms with Crippen LogP contribution in [0.4, 0.5) is 24.5 Å². The Morgan fingerprint density at radius 3 is 2.41 bits per heavy atom. The second-order valence-electron chi connectivity index (χ2n) is 4.93. The number of hydrogen-bond acceptors (Lipinski definition) is 2. The summed E-state index contributed by atoms with van der Waals surface area (Å²) in [7, 11) is 1.79. The van der Waals surface area contributed by atoms with Crippen molar-refractivity contribution in [3.63, 3.8) is 0 Å². The lowest BCUT2D eigenvalue weighted by atomic mass is 10.0. The van der Waals surface area contributed by atoms with Crippen LogP contribution in [-0.2, 0) is 6.18 Å². The van der Waals surface area contributed by atoms with Crippen molar-refractivity contribution in [2.75, 3.05) is 17.7 Å². The summed E-state index contributed by atoms with van der Waals surface area (Å²) in [6, 6.07) is 10.9. The summed E-state index contributed by atoms with van der Waals surface area (Å²) in [6.07, 6.45) is -4.41. The van der Waals surface area contributed by atoms with E-state index in [-0.39, 0.29) is 11.3 Å². The summed E-state index contributed by atoms with van der Waals surface area (Å²) < 4.78 is 39.1. The van der Waals surface area contributed by atoms with Crippen molar-refractivity contribution in [3.05, 3.63) is 65.7 Å². The van der Waals surface area contributed by atoms with Crippen LogP contribution in [0.15, 0.2) is 49.0 Å². The van der Waals surface area contributed by atoms with E-state index in [1.54, 1.807) is 19.2 Å². The summed E-state index contributed by atoms with van der Waals surface area (Å²) in [6.45, 7) is 5.69. The average Bonchev–Trinajstić information content (AvgIpc) is 2.48. The Morgan fingerprint density at radius 2 is 1.77 bits per heavy atom. The summed E-state index contributed by atoms with van der Waals surface area (Å²) in [4.78, 5) is 0. The summed E-state index contributed by atoms with van der Waals surface area (Å²) in [5, 5.41) is 5.97. The van der Waals surface area contributed by atoms with Gasteiger partial charge in [-0.2, -0.15) is 13.2 Å². The van der Waals surface area contributed by atoms with Crippen molar-refractivity contribution in [2.24, 2.45) is 0 Å². The highest BCUT2D eigenvalue weighted by Crippen LogP contribution is 2.35. The molecule has 0 bridgehead atoms. The van der Waals surface area contributed by atoms with E-state index in [1.807, 2.05) is 19.1 Å². The highest BCUT2D eigenvalue weighted by molar-refractivity contribution is 5.78. The first kappa shape index (κ1) is 15.9. The van der Waals surface area contributed by atoms with Gasteiger partial charge >= 0.3 is 6.18 Å². The van der Waals surface area contributed by atoms with Crippen molar-refractivity contribution in [1.82, 2.24) is 0 Å². The standard InChI is InChI=1S/C17H17F3N2/c1-11-8-9-13(10-16(11)21-3)22-12(2)14-6-4-5-7-15(14)17(18,19)20/h4-10,21-22H,2H2,1,3H3. The predicted molar refractivity (Wildman–Crippen MR) is 84.8 cm³/mol. The van der Waals surface area contributed by atoms with E-state index in [9.17, 15) is 13.2 Å². The molecule has 0 aromatic heterocycles. The van der Waals surface area contributed by atoms with Gasteiger partial charge in [-0.05, 0) is 30.7 Å². The van der Waals surface area contributed by atoms with Crippen LogP contribution in [0, 0.1) is 6.92 Å².